The normalized spacial score (nSPS) is 10.8. The molecule has 170 valence electrons. The molecule has 0 saturated heterocycles. The second-order valence-electron chi connectivity index (χ2n) is 7.22. The molecule has 0 aliphatic carbocycles. The summed E-state index contributed by atoms with van der Waals surface area (Å²) < 4.78 is 40.9. The van der Waals surface area contributed by atoms with Gasteiger partial charge in [-0.25, -0.2) is 0 Å². The number of rotatable bonds is 10. The quantitative estimate of drug-likeness (QED) is 0.317. The van der Waals surface area contributed by atoms with Crippen LogP contribution in [-0.4, -0.2) is 12.9 Å². The van der Waals surface area contributed by atoms with Gasteiger partial charge < -0.3 is 10.1 Å². The standard InChI is InChI=1S/C26H26F3NO.ClH/c27-26(28,29)31-24-16-10-11-21(19-24)20-30-18-9-3-8-17-25(22-12-4-1-5-13-22)23-14-6-2-7-15-23;/h1-2,4-7,10-17,19,30H,3,8-9,18,20H2;1H. The monoisotopic (exact) mass is 461 g/mol. The molecule has 0 atom stereocenters. The van der Waals surface area contributed by atoms with Crippen molar-refractivity contribution in [2.45, 2.75) is 32.2 Å². The topological polar surface area (TPSA) is 21.3 Å². The van der Waals surface area contributed by atoms with Crippen LogP contribution in [0.4, 0.5) is 13.2 Å². The van der Waals surface area contributed by atoms with Crippen molar-refractivity contribution in [2.75, 3.05) is 6.54 Å². The number of benzene rings is 3. The van der Waals surface area contributed by atoms with Crippen LogP contribution in [-0.2, 0) is 6.54 Å². The summed E-state index contributed by atoms with van der Waals surface area (Å²) in [6, 6.07) is 26.8. The lowest BCUT2D eigenvalue weighted by Crippen LogP contribution is -2.18. The van der Waals surface area contributed by atoms with Crippen LogP contribution in [0.2, 0.25) is 0 Å². The Hall–Kier alpha value is -2.76. The highest BCUT2D eigenvalue weighted by atomic mass is 35.5. The third kappa shape index (κ3) is 8.77. The Morgan fingerprint density at radius 2 is 1.44 bits per heavy atom. The predicted molar refractivity (Wildman–Crippen MR) is 126 cm³/mol. The second-order valence-corrected chi connectivity index (χ2v) is 7.22. The maximum atomic E-state index is 12.3. The minimum atomic E-state index is -4.67. The van der Waals surface area contributed by atoms with Gasteiger partial charge in [0.1, 0.15) is 5.75 Å². The number of hydrogen-bond donors (Lipinski definition) is 1. The van der Waals surface area contributed by atoms with Gasteiger partial charge in [0.15, 0.2) is 0 Å². The molecule has 6 heteroatoms. The molecule has 3 aromatic rings. The van der Waals surface area contributed by atoms with E-state index in [1.807, 2.05) is 36.4 Å². The molecule has 0 aliphatic heterocycles. The fourth-order valence-electron chi connectivity index (χ4n) is 3.36. The molecule has 2 nitrogen and oxygen atoms in total. The molecular weight excluding hydrogens is 435 g/mol. The largest absolute Gasteiger partial charge is 0.573 e. The van der Waals surface area contributed by atoms with Crippen LogP contribution >= 0.6 is 12.4 Å². The molecule has 0 radical (unpaired) electrons. The maximum Gasteiger partial charge on any atom is 0.573 e. The fourth-order valence-corrected chi connectivity index (χ4v) is 3.36. The zero-order valence-electron chi connectivity index (χ0n) is 17.6. The Bertz CT molecular complexity index is 918. The van der Waals surface area contributed by atoms with Crippen molar-refractivity contribution in [1.29, 1.82) is 0 Å². The van der Waals surface area contributed by atoms with Crippen LogP contribution in [0.5, 0.6) is 5.75 Å². The maximum absolute atomic E-state index is 12.3. The molecule has 0 fully saturated rings. The lowest BCUT2D eigenvalue weighted by Gasteiger charge is -2.11. The summed E-state index contributed by atoms with van der Waals surface area (Å²) in [4.78, 5) is 0. The number of alkyl halides is 3. The van der Waals surface area contributed by atoms with Crippen LogP contribution in [0.25, 0.3) is 5.57 Å². The van der Waals surface area contributed by atoms with Crippen molar-refractivity contribution < 1.29 is 17.9 Å². The Morgan fingerprint density at radius 1 is 0.812 bits per heavy atom. The van der Waals surface area contributed by atoms with Crippen LogP contribution < -0.4 is 10.1 Å². The molecule has 32 heavy (non-hydrogen) atoms. The van der Waals surface area contributed by atoms with E-state index in [0.717, 1.165) is 31.4 Å². The first kappa shape index (κ1) is 25.5. The van der Waals surface area contributed by atoms with E-state index in [1.54, 1.807) is 12.1 Å². The summed E-state index contributed by atoms with van der Waals surface area (Å²) in [5, 5.41) is 3.29. The lowest BCUT2D eigenvalue weighted by molar-refractivity contribution is -0.274. The van der Waals surface area contributed by atoms with Crippen molar-refractivity contribution in [3.8, 4) is 5.75 Å². The van der Waals surface area contributed by atoms with Gasteiger partial charge in [-0.15, -0.1) is 25.6 Å². The second kappa shape index (κ2) is 12.9. The first-order valence-electron chi connectivity index (χ1n) is 10.4. The summed E-state index contributed by atoms with van der Waals surface area (Å²) in [7, 11) is 0. The zero-order valence-corrected chi connectivity index (χ0v) is 18.5. The van der Waals surface area contributed by atoms with Gasteiger partial charge >= 0.3 is 6.36 Å². The zero-order chi connectivity index (χ0) is 21.9. The van der Waals surface area contributed by atoms with E-state index in [1.165, 1.54) is 28.8 Å². The van der Waals surface area contributed by atoms with Crippen LogP contribution in [0.3, 0.4) is 0 Å². The van der Waals surface area contributed by atoms with Gasteiger partial charge in [0.25, 0.3) is 0 Å². The van der Waals surface area contributed by atoms with Gasteiger partial charge in [-0.05, 0) is 60.2 Å². The molecule has 1 N–H and O–H groups in total. The summed E-state index contributed by atoms with van der Waals surface area (Å²) in [5.41, 5.74) is 4.40. The molecule has 0 unspecified atom stereocenters. The summed E-state index contributed by atoms with van der Waals surface area (Å²) in [6.07, 6.45) is 0.565. The molecule has 0 spiro atoms. The van der Waals surface area contributed by atoms with E-state index in [0.29, 0.717) is 6.54 Å². The van der Waals surface area contributed by atoms with E-state index >= 15 is 0 Å². The number of ether oxygens (including phenoxy) is 1. The SMILES string of the molecule is Cl.FC(F)(F)Oc1cccc(CNCCCCC=C(c2ccccc2)c2ccccc2)c1. The summed E-state index contributed by atoms with van der Waals surface area (Å²) in [5.74, 6) is -0.189. The van der Waals surface area contributed by atoms with Gasteiger partial charge in [-0.1, -0.05) is 78.9 Å². The molecule has 0 aromatic heterocycles. The Kier molecular flexibility index (Phi) is 10.3. The average Bonchev–Trinajstić information content (AvgIpc) is 2.76. The Labute approximate surface area is 193 Å². The highest BCUT2D eigenvalue weighted by Gasteiger charge is 2.31. The number of unbranched alkanes of at least 4 members (excludes halogenated alkanes) is 2. The van der Waals surface area contributed by atoms with Crippen LogP contribution in [0.1, 0.15) is 36.0 Å². The number of allylic oxidation sites excluding steroid dienone is 1. The first-order chi connectivity index (χ1) is 15.0. The van der Waals surface area contributed by atoms with E-state index < -0.39 is 6.36 Å². The van der Waals surface area contributed by atoms with Crippen molar-refractivity contribution in [1.82, 2.24) is 5.32 Å². The van der Waals surface area contributed by atoms with Crippen molar-refractivity contribution in [3.63, 3.8) is 0 Å². The molecule has 0 bridgehead atoms. The van der Waals surface area contributed by atoms with E-state index in [4.69, 9.17) is 0 Å². The summed E-state index contributed by atoms with van der Waals surface area (Å²) in [6.45, 7) is 1.30. The molecule has 0 amide bonds. The molecule has 3 rings (SSSR count). The highest BCUT2D eigenvalue weighted by molar-refractivity contribution is 5.85. The third-order valence-corrected chi connectivity index (χ3v) is 4.79. The van der Waals surface area contributed by atoms with Gasteiger partial charge in [0.2, 0.25) is 0 Å². The molecule has 0 heterocycles. The highest BCUT2D eigenvalue weighted by Crippen LogP contribution is 2.25. The van der Waals surface area contributed by atoms with Gasteiger partial charge in [0.05, 0.1) is 0 Å². The molecular formula is C26H27ClF3NO. The van der Waals surface area contributed by atoms with Crippen molar-refractivity contribution in [2.24, 2.45) is 0 Å². The minimum absolute atomic E-state index is 0. The summed E-state index contributed by atoms with van der Waals surface area (Å²) >= 11 is 0. The Morgan fingerprint density at radius 3 is 2.03 bits per heavy atom. The number of halogens is 4. The average molecular weight is 462 g/mol. The van der Waals surface area contributed by atoms with E-state index in [9.17, 15) is 13.2 Å². The minimum Gasteiger partial charge on any atom is -0.406 e. The van der Waals surface area contributed by atoms with E-state index in [-0.39, 0.29) is 18.2 Å². The Balaban J connectivity index is 0.00000363. The van der Waals surface area contributed by atoms with E-state index in [2.05, 4.69) is 40.4 Å². The lowest BCUT2D eigenvalue weighted by atomic mass is 9.96. The molecule has 3 aromatic carbocycles. The smallest absolute Gasteiger partial charge is 0.406 e. The van der Waals surface area contributed by atoms with Crippen molar-refractivity contribution >= 4 is 18.0 Å². The van der Waals surface area contributed by atoms with Gasteiger partial charge in [-0.2, -0.15) is 0 Å². The molecule has 0 aliphatic rings. The molecule has 0 saturated carbocycles. The predicted octanol–water partition coefficient (Wildman–Crippen LogP) is 7.40. The first-order valence-corrected chi connectivity index (χ1v) is 10.4. The fraction of sp³-hybridized carbons (Fsp3) is 0.231. The van der Waals surface area contributed by atoms with Gasteiger partial charge in [-0.3, -0.25) is 0 Å². The number of nitrogens with one attached hydrogen (secondary N) is 1. The van der Waals surface area contributed by atoms with Crippen molar-refractivity contribution in [3.05, 3.63) is 108 Å². The number of hydrogen-bond acceptors (Lipinski definition) is 2. The van der Waals surface area contributed by atoms with Crippen LogP contribution in [0.15, 0.2) is 91.0 Å². The van der Waals surface area contributed by atoms with Crippen LogP contribution in [0, 0.1) is 0 Å². The van der Waals surface area contributed by atoms with Gasteiger partial charge in [0, 0.05) is 6.54 Å². The third-order valence-electron chi connectivity index (χ3n) is 4.79.